The molecule has 1 aromatic heterocycles. The molecular formula is C21H24N4O5S2. The summed E-state index contributed by atoms with van der Waals surface area (Å²) in [4.78, 5) is 38.3. The van der Waals surface area contributed by atoms with Gasteiger partial charge in [-0.3, -0.25) is 14.4 Å². The molecule has 1 atom stereocenters. The number of amides is 3. The smallest absolute Gasteiger partial charge is 0.254 e. The third kappa shape index (κ3) is 4.69. The maximum absolute atomic E-state index is 12.8. The molecule has 11 heteroatoms. The molecule has 170 valence electrons. The summed E-state index contributed by atoms with van der Waals surface area (Å²) in [6, 6.07) is 9.31. The molecule has 3 amide bonds. The van der Waals surface area contributed by atoms with E-state index in [1.165, 1.54) is 9.21 Å². The average Bonchev–Trinajstić information content (AvgIpc) is 3.50. The fraction of sp³-hybridized carbons (Fsp3) is 0.381. The molecule has 3 heterocycles. The summed E-state index contributed by atoms with van der Waals surface area (Å²) in [6.45, 7) is 1.50. The summed E-state index contributed by atoms with van der Waals surface area (Å²) in [5, 5.41) is 7.20. The molecule has 0 bridgehead atoms. The highest BCUT2D eigenvalue weighted by Gasteiger charge is 2.39. The number of piperazine rings is 1. The number of thiophene rings is 1. The molecule has 4 rings (SSSR count). The van der Waals surface area contributed by atoms with E-state index in [0.29, 0.717) is 38.0 Å². The summed E-state index contributed by atoms with van der Waals surface area (Å²) in [7, 11) is -3.68. The number of rotatable bonds is 6. The Morgan fingerprint density at radius 3 is 2.62 bits per heavy atom. The van der Waals surface area contributed by atoms with Gasteiger partial charge in [0.2, 0.25) is 11.8 Å². The van der Waals surface area contributed by atoms with Gasteiger partial charge in [-0.05, 0) is 42.0 Å². The Hall–Kier alpha value is -2.76. The van der Waals surface area contributed by atoms with Crippen LogP contribution in [0.3, 0.4) is 0 Å². The van der Waals surface area contributed by atoms with Crippen LogP contribution in [-0.4, -0.2) is 67.6 Å². The number of hydrogen-bond donors (Lipinski definition) is 2. The van der Waals surface area contributed by atoms with E-state index in [-0.39, 0.29) is 35.0 Å². The third-order valence-electron chi connectivity index (χ3n) is 5.56. The zero-order valence-corrected chi connectivity index (χ0v) is 19.0. The molecule has 0 saturated carbocycles. The fourth-order valence-corrected chi connectivity index (χ4v) is 6.66. The van der Waals surface area contributed by atoms with Crippen molar-refractivity contribution in [3.05, 3.63) is 52.9 Å². The Balaban J connectivity index is 1.35. The molecule has 1 unspecified atom stereocenters. The van der Waals surface area contributed by atoms with Gasteiger partial charge >= 0.3 is 0 Å². The van der Waals surface area contributed by atoms with Crippen LogP contribution in [0.25, 0.3) is 0 Å². The minimum absolute atomic E-state index is 0.0446. The minimum Gasteiger partial charge on any atom is -0.353 e. The molecule has 9 nitrogen and oxygen atoms in total. The second-order valence-corrected chi connectivity index (χ2v) is 10.8. The van der Waals surface area contributed by atoms with Crippen LogP contribution in [0, 0.1) is 0 Å². The third-order valence-corrected chi connectivity index (χ3v) is 8.84. The summed E-state index contributed by atoms with van der Waals surface area (Å²) in [6.07, 6.45) is 1.11. The number of carbonyl (C=O) groups is 3. The van der Waals surface area contributed by atoms with Crippen molar-refractivity contribution in [1.82, 2.24) is 19.8 Å². The highest BCUT2D eigenvalue weighted by atomic mass is 32.2. The number of sulfonamides is 1. The Morgan fingerprint density at radius 2 is 1.94 bits per heavy atom. The van der Waals surface area contributed by atoms with Crippen LogP contribution in [0.2, 0.25) is 0 Å². The predicted molar refractivity (Wildman–Crippen MR) is 118 cm³/mol. The van der Waals surface area contributed by atoms with Gasteiger partial charge in [-0.25, -0.2) is 8.42 Å². The van der Waals surface area contributed by atoms with E-state index in [1.807, 2.05) is 0 Å². The van der Waals surface area contributed by atoms with Crippen LogP contribution < -0.4 is 10.6 Å². The second kappa shape index (κ2) is 9.39. The van der Waals surface area contributed by atoms with Gasteiger partial charge in [0, 0.05) is 31.7 Å². The molecule has 32 heavy (non-hydrogen) atoms. The van der Waals surface area contributed by atoms with Crippen LogP contribution in [0.1, 0.15) is 28.8 Å². The Kier molecular flexibility index (Phi) is 6.58. The summed E-state index contributed by atoms with van der Waals surface area (Å²) in [5.74, 6) is -0.719. The van der Waals surface area contributed by atoms with Crippen molar-refractivity contribution in [3.8, 4) is 0 Å². The van der Waals surface area contributed by atoms with Gasteiger partial charge in [-0.1, -0.05) is 18.2 Å². The van der Waals surface area contributed by atoms with Crippen molar-refractivity contribution in [2.75, 3.05) is 26.2 Å². The Labute approximate surface area is 190 Å². The predicted octanol–water partition coefficient (Wildman–Crippen LogP) is 0.790. The van der Waals surface area contributed by atoms with Crippen LogP contribution in [0.15, 0.2) is 46.0 Å². The van der Waals surface area contributed by atoms with E-state index in [1.54, 1.807) is 41.8 Å². The van der Waals surface area contributed by atoms with E-state index < -0.39 is 16.1 Å². The first-order chi connectivity index (χ1) is 15.4. The van der Waals surface area contributed by atoms with Gasteiger partial charge < -0.3 is 15.5 Å². The number of carbonyl (C=O) groups excluding carboxylic acids is 3. The molecule has 2 aromatic rings. The first-order valence-corrected chi connectivity index (χ1v) is 12.7. The van der Waals surface area contributed by atoms with Gasteiger partial charge in [0.25, 0.3) is 15.9 Å². The maximum atomic E-state index is 12.8. The Morgan fingerprint density at radius 1 is 1.16 bits per heavy atom. The lowest BCUT2D eigenvalue weighted by Gasteiger charge is -2.26. The first-order valence-electron chi connectivity index (χ1n) is 10.3. The first kappa shape index (κ1) is 22.4. The molecule has 0 radical (unpaired) electrons. The highest BCUT2D eigenvalue weighted by molar-refractivity contribution is 7.91. The van der Waals surface area contributed by atoms with Crippen LogP contribution >= 0.6 is 11.3 Å². The number of nitrogens with one attached hydrogen (secondary N) is 2. The van der Waals surface area contributed by atoms with Gasteiger partial charge in [-0.15, -0.1) is 11.3 Å². The lowest BCUT2D eigenvalue weighted by atomic mass is 10.1. The SMILES string of the molecule is O=C1CN(C(=O)c2ccc(CNC(=O)C3CCCN3S(=O)(=O)c3cccs3)cc2)CCN1. The van der Waals surface area contributed by atoms with E-state index in [4.69, 9.17) is 0 Å². The lowest BCUT2D eigenvalue weighted by molar-refractivity contribution is -0.124. The van der Waals surface area contributed by atoms with Gasteiger partial charge in [-0.2, -0.15) is 4.31 Å². The van der Waals surface area contributed by atoms with Crippen molar-refractivity contribution in [2.45, 2.75) is 29.6 Å². The largest absolute Gasteiger partial charge is 0.353 e. The normalized spacial score (nSPS) is 19.6. The quantitative estimate of drug-likeness (QED) is 0.640. The van der Waals surface area contributed by atoms with Crippen molar-refractivity contribution in [3.63, 3.8) is 0 Å². The van der Waals surface area contributed by atoms with Gasteiger partial charge in [0.15, 0.2) is 0 Å². The zero-order valence-electron chi connectivity index (χ0n) is 17.3. The van der Waals surface area contributed by atoms with Crippen molar-refractivity contribution in [2.24, 2.45) is 0 Å². The van der Waals surface area contributed by atoms with Gasteiger partial charge in [0.1, 0.15) is 10.3 Å². The van der Waals surface area contributed by atoms with Crippen LogP contribution in [0.5, 0.6) is 0 Å². The molecule has 1 aromatic carbocycles. The zero-order chi connectivity index (χ0) is 22.7. The average molecular weight is 477 g/mol. The minimum atomic E-state index is -3.68. The summed E-state index contributed by atoms with van der Waals surface area (Å²) in [5.41, 5.74) is 1.26. The van der Waals surface area contributed by atoms with E-state index in [2.05, 4.69) is 10.6 Å². The monoisotopic (exact) mass is 476 g/mol. The number of benzene rings is 1. The molecule has 2 fully saturated rings. The van der Waals surface area contributed by atoms with Crippen molar-refractivity contribution >= 4 is 39.1 Å². The molecule has 0 spiro atoms. The van der Waals surface area contributed by atoms with Crippen LogP contribution in [0.4, 0.5) is 0 Å². The van der Waals surface area contributed by atoms with E-state index in [9.17, 15) is 22.8 Å². The van der Waals surface area contributed by atoms with Crippen molar-refractivity contribution in [1.29, 1.82) is 0 Å². The number of hydrogen-bond acceptors (Lipinski definition) is 6. The molecular weight excluding hydrogens is 452 g/mol. The van der Waals surface area contributed by atoms with Crippen LogP contribution in [-0.2, 0) is 26.2 Å². The second-order valence-electron chi connectivity index (χ2n) is 7.70. The molecule has 2 aliphatic rings. The van der Waals surface area contributed by atoms with Gasteiger partial charge in [0.05, 0.1) is 6.54 Å². The summed E-state index contributed by atoms with van der Waals surface area (Å²) < 4.78 is 27.2. The fourth-order valence-electron chi connectivity index (χ4n) is 3.88. The molecule has 0 aliphatic carbocycles. The highest BCUT2D eigenvalue weighted by Crippen LogP contribution is 2.28. The van der Waals surface area contributed by atoms with E-state index in [0.717, 1.165) is 16.9 Å². The topological polar surface area (TPSA) is 116 Å². The summed E-state index contributed by atoms with van der Waals surface area (Å²) >= 11 is 1.14. The standard InChI is InChI=1S/C21H24N4O5S2/c26-18-14-24(11-9-22-18)21(28)16-7-5-15(6-8-16)13-23-20(27)17-3-1-10-25(17)32(29,30)19-4-2-12-31-19/h2,4-8,12,17H,1,3,9-11,13-14H2,(H,22,26)(H,23,27). The van der Waals surface area contributed by atoms with Crippen molar-refractivity contribution < 1.29 is 22.8 Å². The number of nitrogens with zero attached hydrogens (tertiary/aromatic N) is 2. The molecule has 2 saturated heterocycles. The van der Waals surface area contributed by atoms with E-state index >= 15 is 0 Å². The Bertz CT molecular complexity index is 1100. The lowest BCUT2D eigenvalue weighted by Crippen LogP contribution is -2.49. The maximum Gasteiger partial charge on any atom is 0.254 e. The molecule has 2 aliphatic heterocycles. The molecule has 2 N–H and O–H groups in total.